The average molecular weight is 278 g/mol. The van der Waals surface area contributed by atoms with Crippen LogP contribution in [0.1, 0.15) is 30.9 Å². The van der Waals surface area contributed by atoms with Gasteiger partial charge in [-0.25, -0.2) is 0 Å². The maximum Gasteiger partial charge on any atom is 0.295 e. The third kappa shape index (κ3) is 2.80. The molecule has 1 N–H and O–H groups in total. The molecule has 0 amide bonds. The highest BCUT2D eigenvalue weighted by atomic mass is 32.2. The Morgan fingerprint density at radius 2 is 1.89 bits per heavy atom. The summed E-state index contributed by atoms with van der Waals surface area (Å²) in [6.45, 7) is 3.95. The Hall–Kier alpha value is -1.39. The second-order valence-corrected chi connectivity index (χ2v) is 6.16. The van der Waals surface area contributed by atoms with Gasteiger partial charge in [-0.3, -0.25) is 4.55 Å². The van der Waals surface area contributed by atoms with Crippen LogP contribution in [0.3, 0.4) is 0 Å². The Labute approximate surface area is 114 Å². The maximum absolute atomic E-state index is 11.7. The fraction of sp³-hybridized carbons (Fsp3) is 0.333. The molecular weight excluding hydrogens is 260 g/mol. The van der Waals surface area contributed by atoms with Gasteiger partial charge in [0.15, 0.2) is 0 Å². The first-order valence-corrected chi connectivity index (χ1v) is 7.88. The number of unbranched alkanes of at least 4 members (excludes halogenated alkanes) is 1. The van der Waals surface area contributed by atoms with Crippen LogP contribution in [0.15, 0.2) is 35.2 Å². The van der Waals surface area contributed by atoms with Crippen LogP contribution in [0, 0.1) is 6.92 Å². The Balaban J connectivity index is 2.82. The molecule has 0 saturated heterocycles. The number of benzene rings is 2. The van der Waals surface area contributed by atoms with E-state index >= 15 is 0 Å². The summed E-state index contributed by atoms with van der Waals surface area (Å²) in [5.74, 6) is 0. The van der Waals surface area contributed by atoms with Gasteiger partial charge in [0, 0.05) is 5.39 Å². The maximum atomic E-state index is 11.7. The van der Waals surface area contributed by atoms with Crippen molar-refractivity contribution in [1.82, 2.24) is 0 Å². The minimum Gasteiger partial charge on any atom is -0.282 e. The largest absolute Gasteiger partial charge is 0.295 e. The van der Waals surface area contributed by atoms with Crippen molar-refractivity contribution in [2.45, 2.75) is 38.0 Å². The SMILES string of the molecule is CCCCc1c(C)cc2ccccc2c1S(=O)(=O)O. The molecule has 0 bridgehead atoms. The standard InChI is InChI=1S/C15H18O3S/c1-3-4-8-13-11(2)10-12-7-5-6-9-14(12)15(13)19(16,17)18/h5-7,9-10H,3-4,8H2,1-2H3,(H,16,17,18). The van der Waals surface area contributed by atoms with Crippen molar-refractivity contribution in [1.29, 1.82) is 0 Å². The molecule has 19 heavy (non-hydrogen) atoms. The summed E-state index contributed by atoms with van der Waals surface area (Å²) in [4.78, 5) is 0.0801. The molecule has 4 heteroatoms. The normalized spacial score (nSPS) is 11.9. The third-order valence-electron chi connectivity index (χ3n) is 3.37. The van der Waals surface area contributed by atoms with E-state index in [1.165, 1.54) is 0 Å². The third-order valence-corrected chi connectivity index (χ3v) is 4.35. The van der Waals surface area contributed by atoms with Gasteiger partial charge in [0.2, 0.25) is 0 Å². The van der Waals surface area contributed by atoms with E-state index in [2.05, 4.69) is 6.92 Å². The minimum absolute atomic E-state index is 0.0801. The summed E-state index contributed by atoms with van der Waals surface area (Å²) in [5, 5.41) is 1.44. The minimum atomic E-state index is -4.21. The quantitative estimate of drug-likeness (QED) is 0.867. The highest BCUT2D eigenvalue weighted by molar-refractivity contribution is 7.86. The Morgan fingerprint density at radius 3 is 2.53 bits per heavy atom. The number of fused-ring (bicyclic) bond motifs is 1. The van der Waals surface area contributed by atoms with E-state index in [0.29, 0.717) is 11.8 Å². The van der Waals surface area contributed by atoms with E-state index in [9.17, 15) is 13.0 Å². The number of hydrogen-bond donors (Lipinski definition) is 1. The van der Waals surface area contributed by atoms with Crippen LogP contribution in [-0.2, 0) is 16.5 Å². The predicted octanol–water partition coefficient (Wildman–Crippen LogP) is 3.74. The van der Waals surface area contributed by atoms with Crippen molar-refractivity contribution in [2.24, 2.45) is 0 Å². The molecular formula is C15H18O3S. The Bertz CT molecular complexity index is 703. The number of hydrogen-bond acceptors (Lipinski definition) is 2. The first-order chi connectivity index (χ1) is 8.95. The van der Waals surface area contributed by atoms with Crippen molar-refractivity contribution >= 4 is 20.9 Å². The van der Waals surface area contributed by atoms with Crippen LogP contribution in [0.2, 0.25) is 0 Å². The summed E-state index contributed by atoms with van der Waals surface area (Å²) in [7, 11) is -4.21. The zero-order valence-electron chi connectivity index (χ0n) is 11.2. The van der Waals surface area contributed by atoms with Crippen molar-refractivity contribution in [2.75, 3.05) is 0 Å². The smallest absolute Gasteiger partial charge is 0.282 e. The monoisotopic (exact) mass is 278 g/mol. The molecule has 0 aliphatic rings. The molecule has 0 aliphatic heterocycles. The summed E-state index contributed by atoms with van der Waals surface area (Å²) >= 11 is 0. The van der Waals surface area contributed by atoms with Gasteiger partial charge in [-0.2, -0.15) is 8.42 Å². The van der Waals surface area contributed by atoms with Crippen LogP contribution in [0.25, 0.3) is 10.8 Å². The highest BCUT2D eigenvalue weighted by Gasteiger charge is 2.20. The lowest BCUT2D eigenvalue weighted by molar-refractivity contribution is 0.483. The molecule has 0 spiro atoms. The molecule has 3 nitrogen and oxygen atoms in total. The summed E-state index contributed by atoms with van der Waals surface area (Å²) in [6.07, 6.45) is 2.56. The van der Waals surface area contributed by atoms with Crippen LogP contribution >= 0.6 is 0 Å². The average Bonchev–Trinajstić information content (AvgIpc) is 2.34. The van der Waals surface area contributed by atoms with Gasteiger partial charge in [0.25, 0.3) is 10.1 Å². The summed E-state index contributed by atoms with van der Waals surface area (Å²) in [5.41, 5.74) is 1.66. The summed E-state index contributed by atoms with van der Waals surface area (Å²) < 4.78 is 33.0. The molecule has 0 unspecified atom stereocenters. The second kappa shape index (κ2) is 5.31. The van der Waals surface area contributed by atoms with Crippen LogP contribution in [-0.4, -0.2) is 13.0 Å². The molecule has 0 fully saturated rings. The van der Waals surface area contributed by atoms with Crippen LogP contribution in [0.5, 0.6) is 0 Å². The van der Waals surface area contributed by atoms with Gasteiger partial charge in [-0.15, -0.1) is 0 Å². The second-order valence-electron chi connectivity index (χ2n) is 4.80. The highest BCUT2D eigenvalue weighted by Crippen LogP contribution is 2.30. The Morgan fingerprint density at radius 1 is 1.21 bits per heavy atom. The van der Waals surface area contributed by atoms with Gasteiger partial charge in [0.1, 0.15) is 4.90 Å². The van der Waals surface area contributed by atoms with Gasteiger partial charge in [-0.05, 0) is 36.3 Å². The molecule has 2 rings (SSSR count). The molecule has 0 heterocycles. The topological polar surface area (TPSA) is 54.4 Å². The van der Waals surface area contributed by atoms with Crippen LogP contribution in [0.4, 0.5) is 0 Å². The lowest BCUT2D eigenvalue weighted by Crippen LogP contribution is -2.06. The van der Waals surface area contributed by atoms with Crippen molar-refractivity contribution in [3.63, 3.8) is 0 Å². The van der Waals surface area contributed by atoms with Crippen molar-refractivity contribution in [3.05, 3.63) is 41.5 Å². The lowest BCUT2D eigenvalue weighted by atomic mass is 9.98. The molecule has 2 aromatic rings. The fourth-order valence-electron chi connectivity index (χ4n) is 2.45. The molecule has 102 valence electrons. The van der Waals surface area contributed by atoms with E-state index in [1.54, 1.807) is 12.1 Å². The van der Waals surface area contributed by atoms with Crippen molar-refractivity contribution < 1.29 is 13.0 Å². The van der Waals surface area contributed by atoms with Crippen LogP contribution < -0.4 is 0 Å². The summed E-state index contributed by atoms with van der Waals surface area (Å²) in [6, 6.07) is 9.24. The Kier molecular flexibility index (Phi) is 3.92. The number of rotatable bonds is 4. The van der Waals surface area contributed by atoms with Gasteiger partial charge < -0.3 is 0 Å². The molecule has 0 atom stereocenters. The zero-order chi connectivity index (χ0) is 14.0. The molecule has 2 aromatic carbocycles. The first-order valence-electron chi connectivity index (χ1n) is 6.44. The van der Waals surface area contributed by atoms with E-state index < -0.39 is 10.1 Å². The first kappa shape index (κ1) is 14.0. The van der Waals surface area contributed by atoms with E-state index in [1.807, 2.05) is 25.1 Å². The molecule has 0 aromatic heterocycles. The van der Waals surface area contributed by atoms with Crippen molar-refractivity contribution in [3.8, 4) is 0 Å². The van der Waals surface area contributed by atoms with E-state index in [-0.39, 0.29) is 4.90 Å². The van der Waals surface area contributed by atoms with Gasteiger partial charge >= 0.3 is 0 Å². The molecule has 0 radical (unpaired) electrons. The van der Waals surface area contributed by atoms with Gasteiger partial charge in [0.05, 0.1) is 0 Å². The zero-order valence-corrected chi connectivity index (χ0v) is 12.0. The van der Waals surface area contributed by atoms with E-state index in [4.69, 9.17) is 0 Å². The molecule has 0 saturated carbocycles. The van der Waals surface area contributed by atoms with E-state index in [0.717, 1.165) is 29.4 Å². The lowest BCUT2D eigenvalue weighted by Gasteiger charge is -2.14. The van der Waals surface area contributed by atoms with Gasteiger partial charge in [-0.1, -0.05) is 43.7 Å². The number of aryl methyl sites for hydroxylation is 1. The molecule has 0 aliphatic carbocycles. The fourth-order valence-corrected chi connectivity index (χ4v) is 3.49. The predicted molar refractivity (Wildman–Crippen MR) is 77.1 cm³/mol.